The van der Waals surface area contributed by atoms with E-state index in [1.165, 1.54) is 38.8 Å². The number of benzene rings is 1. The number of piperazine rings is 1. The molecule has 0 saturated carbocycles. The third-order valence-electron chi connectivity index (χ3n) is 7.12. The number of hydrogen-bond donors (Lipinski definition) is 1. The van der Waals surface area contributed by atoms with E-state index in [2.05, 4.69) is 15.0 Å². The Kier molecular flexibility index (Phi) is 6.97. The topological polar surface area (TPSA) is 156 Å². The zero-order valence-corrected chi connectivity index (χ0v) is 23.1. The molecule has 5 heterocycles. The number of sulfonamides is 1. The molecule has 1 unspecified atom stereocenters. The van der Waals surface area contributed by atoms with Crippen molar-refractivity contribution in [2.45, 2.75) is 11.1 Å². The molecule has 41 heavy (non-hydrogen) atoms. The number of cyclic esters (lactones) is 1. The van der Waals surface area contributed by atoms with E-state index in [1.54, 1.807) is 36.4 Å². The molecule has 2 amide bonds. The minimum absolute atomic E-state index is 0.00400. The van der Waals surface area contributed by atoms with E-state index in [-0.39, 0.29) is 43.6 Å². The number of fused-ring (bicyclic) bond motifs is 1. The average molecular weight is 598 g/mol. The van der Waals surface area contributed by atoms with Crippen LogP contribution >= 0.6 is 11.6 Å². The van der Waals surface area contributed by atoms with Gasteiger partial charge >= 0.3 is 6.09 Å². The highest BCUT2D eigenvalue weighted by molar-refractivity contribution is 7.89. The SMILES string of the molecule is O=C1OCCN1CC1CN(S(=O)(=O)c2cc3cc(Cl)ccc3[nH]2)CCN1C(=O)c1ncc(-c2cccc[n+]2[O-])cn1. The van der Waals surface area contributed by atoms with Crippen molar-refractivity contribution in [1.82, 2.24) is 29.1 Å². The second-order valence-electron chi connectivity index (χ2n) is 9.65. The predicted molar refractivity (Wildman–Crippen MR) is 146 cm³/mol. The Morgan fingerprint density at radius 1 is 1.15 bits per heavy atom. The van der Waals surface area contributed by atoms with Crippen molar-refractivity contribution in [3.63, 3.8) is 0 Å². The van der Waals surface area contributed by atoms with Gasteiger partial charge in [0, 0.05) is 66.6 Å². The molecule has 1 N–H and O–H groups in total. The number of carbonyl (C=O) groups is 2. The van der Waals surface area contributed by atoms with E-state index in [4.69, 9.17) is 16.3 Å². The standard InChI is InChI=1S/C26H24ClN7O6S/c27-19-4-5-21-17(11-19)12-23(30-21)41(38,39)32-7-8-33(20(16-32)15-31-9-10-40-26(31)36)25(35)24-28-13-18(14-29-24)22-3-1-2-6-34(22)37/h1-6,11-14,20,30H,7-10,15-16H2. The Balaban J connectivity index is 1.26. The van der Waals surface area contributed by atoms with Gasteiger partial charge in [0.1, 0.15) is 11.6 Å². The smallest absolute Gasteiger partial charge is 0.410 e. The van der Waals surface area contributed by atoms with Gasteiger partial charge in [0.15, 0.2) is 6.20 Å². The first-order valence-electron chi connectivity index (χ1n) is 12.7. The molecule has 212 valence electrons. The van der Waals surface area contributed by atoms with Gasteiger partial charge in [-0.25, -0.2) is 23.2 Å². The summed E-state index contributed by atoms with van der Waals surface area (Å²) in [6.45, 7) is 0.599. The normalized spacial score (nSPS) is 18.2. The van der Waals surface area contributed by atoms with Crippen LogP contribution < -0.4 is 4.73 Å². The summed E-state index contributed by atoms with van der Waals surface area (Å²) < 4.78 is 34.3. The van der Waals surface area contributed by atoms with Crippen molar-refractivity contribution in [1.29, 1.82) is 0 Å². The number of rotatable bonds is 6. The van der Waals surface area contributed by atoms with E-state index in [0.29, 0.717) is 38.5 Å². The van der Waals surface area contributed by atoms with E-state index in [9.17, 15) is 23.2 Å². The summed E-state index contributed by atoms with van der Waals surface area (Å²) in [4.78, 5) is 40.0. The maximum Gasteiger partial charge on any atom is 0.410 e. The van der Waals surface area contributed by atoms with Crippen molar-refractivity contribution in [2.24, 2.45) is 0 Å². The summed E-state index contributed by atoms with van der Waals surface area (Å²) in [5.74, 6) is -0.630. The molecule has 2 aliphatic rings. The molecule has 0 spiro atoms. The van der Waals surface area contributed by atoms with Gasteiger partial charge in [0.25, 0.3) is 15.9 Å². The Hall–Kier alpha value is -4.27. The van der Waals surface area contributed by atoms with Gasteiger partial charge in [-0.15, -0.1) is 0 Å². The molecule has 13 nitrogen and oxygen atoms in total. The predicted octanol–water partition coefficient (Wildman–Crippen LogP) is 1.88. The van der Waals surface area contributed by atoms with Crippen molar-refractivity contribution < 1.29 is 27.5 Å². The number of hydrogen-bond acceptors (Lipinski definition) is 8. The van der Waals surface area contributed by atoms with Gasteiger partial charge in [-0.2, -0.15) is 9.04 Å². The van der Waals surface area contributed by atoms with Crippen molar-refractivity contribution in [2.75, 3.05) is 39.3 Å². The van der Waals surface area contributed by atoms with Crippen LogP contribution in [0.3, 0.4) is 0 Å². The maximum atomic E-state index is 13.6. The van der Waals surface area contributed by atoms with Crippen LogP contribution in [0.1, 0.15) is 10.6 Å². The third kappa shape index (κ3) is 5.16. The second-order valence-corrected chi connectivity index (χ2v) is 12.0. The van der Waals surface area contributed by atoms with Gasteiger partial charge in [-0.05, 0) is 30.3 Å². The molecular formula is C26H24ClN7O6S. The van der Waals surface area contributed by atoms with Crippen molar-refractivity contribution >= 4 is 44.5 Å². The summed E-state index contributed by atoms with van der Waals surface area (Å²) in [7, 11) is -3.97. The second kappa shape index (κ2) is 10.6. The Bertz CT molecular complexity index is 1750. The fraction of sp³-hybridized carbons (Fsp3) is 0.269. The van der Waals surface area contributed by atoms with Gasteiger partial charge < -0.3 is 24.7 Å². The highest BCUT2D eigenvalue weighted by Gasteiger charge is 2.40. The monoisotopic (exact) mass is 597 g/mol. The molecule has 3 aromatic heterocycles. The summed E-state index contributed by atoms with van der Waals surface area (Å²) in [5, 5.41) is 13.2. The fourth-order valence-corrected chi connectivity index (χ4v) is 6.68. The Morgan fingerprint density at radius 3 is 2.68 bits per heavy atom. The molecule has 6 rings (SSSR count). The van der Waals surface area contributed by atoms with Crippen molar-refractivity contribution in [3.8, 4) is 11.3 Å². The molecule has 0 bridgehead atoms. The average Bonchev–Trinajstić information content (AvgIpc) is 3.59. The molecule has 2 fully saturated rings. The van der Waals surface area contributed by atoms with Crippen LogP contribution in [0.4, 0.5) is 4.79 Å². The lowest BCUT2D eigenvalue weighted by Crippen LogP contribution is -2.60. The van der Waals surface area contributed by atoms with Crippen LogP contribution in [-0.4, -0.2) is 94.8 Å². The van der Waals surface area contributed by atoms with Crippen LogP contribution in [0.5, 0.6) is 0 Å². The zero-order chi connectivity index (χ0) is 28.7. The van der Waals surface area contributed by atoms with Crippen LogP contribution in [-0.2, 0) is 14.8 Å². The van der Waals surface area contributed by atoms with Gasteiger partial charge in [-0.1, -0.05) is 11.6 Å². The lowest BCUT2D eigenvalue weighted by molar-refractivity contribution is -0.593. The number of amides is 2. The van der Waals surface area contributed by atoms with E-state index < -0.39 is 28.1 Å². The van der Waals surface area contributed by atoms with Gasteiger partial charge in [0.05, 0.1) is 18.2 Å². The lowest BCUT2D eigenvalue weighted by Gasteiger charge is -2.41. The molecule has 4 aromatic rings. The van der Waals surface area contributed by atoms with E-state index in [1.807, 2.05) is 0 Å². The van der Waals surface area contributed by atoms with Crippen LogP contribution in [0.25, 0.3) is 22.2 Å². The number of nitrogens with one attached hydrogen (secondary N) is 1. The molecule has 0 radical (unpaired) electrons. The fourth-order valence-electron chi connectivity index (χ4n) is 5.02. The minimum Gasteiger partial charge on any atom is -0.618 e. The number of ether oxygens (including phenoxy) is 1. The number of aromatic nitrogens is 4. The summed E-state index contributed by atoms with van der Waals surface area (Å²) in [6, 6.07) is 10.8. The molecule has 1 aromatic carbocycles. The number of H-pyrrole nitrogens is 1. The van der Waals surface area contributed by atoms with E-state index in [0.717, 1.165) is 0 Å². The molecule has 1 atom stereocenters. The number of carbonyl (C=O) groups excluding carboxylic acids is 2. The lowest BCUT2D eigenvalue weighted by atomic mass is 10.1. The molecule has 0 aliphatic carbocycles. The highest BCUT2D eigenvalue weighted by Crippen LogP contribution is 2.27. The number of pyridine rings is 1. The maximum absolute atomic E-state index is 13.6. The largest absolute Gasteiger partial charge is 0.618 e. The van der Waals surface area contributed by atoms with Gasteiger partial charge in [-0.3, -0.25) is 4.79 Å². The summed E-state index contributed by atoms with van der Waals surface area (Å²) in [6.07, 6.45) is 3.60. The molecule has 2 saturated heterocycles. The molecule has 2 aliphatic heterocycles. The summed E-state index contributed by atoms with van der Waals surface area (Å²) >= 11 is 6.07. The number of nitrogens with zero attached hydrogens (tertiary/aromatic N) is 6. The van der Waals surface area contributed by atoms with E-state index >= 15 is 0 Å². The first-order chi connectivity index (χ1) is 19.7. The van der Waals surface area contributed by atoms with Crippen LogP contribution in [0.15, 0.2) is 66.1 Å². The molecule has 15 heteroatoms. The van der Waals surface area contributed by atoms with Crippen molar-refractivity contribution in [3.05, 3.63) is 77.1 Å². The Labute approximate surface area is 239 Å². The number of aromatic amines is 1. The zero-order valence-electron chi connectivity index (χ0n) is 21.5. The van der Waals surface area contributed by atoms with Crippen LogP contribution in [0, 0.1) is 5.21 Å². The first-order valence-corrected chi connectivity index (χ1v) is 14.5. The van der Waals surface area contributed by atoms with Gasteiger partial charge in [0.2, 0.25) is 11.5 Å². The number of halogens is 1. The molecular weight excluding hydrogens is 574 g/mol. The van der Waals surface area contributed by atoms with Crippen LogP contribution in [0.2, 0.25) is 5.02 Å². The third-order valence-corrected chi connectivity index (χ3v) is 9.14. The highest BCUT2D eigenvalue weighted by atomic mass is 35.5. The summed E-state index contributed by atoms with van der Waals surface area (Å²) in [5.41, 5.74) is 1.38. The quantitative estimate of drug-likeness (QED) is 0.261. The minimum atomic E-state index is -3.97. The Morgan fingerprint density at radius 2 is 1.95 bits per heavy atom. The first kappa shape index (κ1) is 26.9.